The number of hydrogen-bond acceptors (Lipinski definition) is 4. The van der Waals surface area contributed by atoms with E-state index in [0.717, 1.165) is 45.1 Å². The molecule has 0 aromatic carbocycles. The van der Waals surface area contributed by atoms with Gasteiger partial charge in [0.2, 0.25) is 11.5 Å². The van der Waals surface area contributed by atoms with Crippen LogP contribution in [-0.2, 0) is 18.4 Å². The van der Waals surface area contributed by atoms with Crippen molar-refractivity contribution in [1.29, 1.82) is 5.41 Å². The van der Waals surface area contributed by atoms with Gasteiger partial charge in [0.15, 0.2) is 0 Å². The maximum absolute atomic E-state index is 13.5. The number of rotatable bonds is 6. The molecule has 3 aliphatic carbocycles. The Kier molecular flexibility index (Phi) is 8.07. The first-order valence-corrected chi connectivity index (χ1v) is 14.8. The average Bonchev–Trinajstić information content (AvgIpc) is 3.46. The summed E-state index contributed by atoms with van der Waals surface area (Å²) < 4.78 is 3.89. The summed E-state index contributed by atoms with van der Waals surface area (Å²) in [5.74, 6) is 3.14. The van der Waals surface area contributed by atoms with E-state index in [1.54, 1.807) is 0 Å². The second-order valence-corrected chi connectivity index (χ2v) is 13.2. The quantitative estimate of drug-likeness (QED) is 0.478. The van der Waals surface area contributed by atoms with E-state index in [0.29, 0.717) is 53.7 Å². The Hall–Kier alpha value is -1.47. The molecule has 0 radical (unpaired) electrons. The molecule has 3 N–H and O–H groups in total. The van der Waals surface area contributed by atoms with Crippen LogP contribution in [0.15, 0.2) is 17.5 Å². The summed E-state index contributed by atoms with van der Waals surface area (Å²) in [6, 6.07) is 0.447. The van der Waals surface area contributed by atoms with Gasteiger partial charge in [-0.3, -0.25) is 10.2 Å². The predicted octanol–water partition coefficient (Wildman–Crippen LogP) is 4.09. The van der Waals surface area contributed by atoms with Gasteiger partial charge in [0.05, 0.1) is 11.4 Å². The molecule has 5 rings (SSSR count). The lowest BCUT2D eigenvalue weighted by Crippen LogP contribution is -2.47. The molecule has 200 valence electrons. The monoisotopic (exact) mass is 536 g/mol. The Morgan fingerprint density at radius 3 is 2.69 bits per heavy atom. The molecule has 1 aromatic heterocycles. The SMILES string of the molecule is CC1CCC2NN=CC2C1C1CC(Cn2ccn(C)c2=N)CC(C(=O)NCC2CCC(Cl)C(Cl)C2)C1. The zero-order chi connectivity index (χ0) is 25.4. The molecule has 7 nitrogen and oxygen atoms in total. The van der Waals surface area contributed by atoms with Crippen LogP contribution in [0.2, 0.25) is 0 Å². The third-order valence-electron chi connectivity index (χ3n) is 9.64. The van der Waals surface area contributed by atoms with Crippen LogP contribution in [0.4, 0.5) is 0 Å². The first kappa shape index (κ1) is 26.1. The maximum Gasteiger partial charge on any atom is 0.223 e. The van der Waals surface area contributed by atoms with Crippen molar-refractivity contribution >= 4 is 35.3 Å². The van der Waals surface area contributed by atoms with E-state index in [9.17, 15) is 4.79 Å². The van der Waals surface area contributed by atoms with Gasteiger partial charge in [-0.25, -0.2) is 0 Å². The van der Waals surface area contributed by atoms with E-state index in [1.165, 1.54) is 12.8 Å². The minimum atomic E-state index is -0.00449. The molecule has 1 aromatic rings. The number of hydrogen-bond donors (Lipinski definition) is 3. The smallest absolute Gasteiger partial charge is 0.223 e. The zero-order valence-corrected chi connectivity index (χ0v) is 23.1. The number of aromatic nitrogens is 2. The summed E-state index contributed by atoms with van der Waals surface area (Å²) in [4.78, 5) is 13.5. The summed E-state index contributed by atoms with van der Waals surface area (Å²) in [6.45, 7) is 3.90. The van der Waals surface area contributed by atoms with Crippen LogP contribution in [0.3, 0.4) is 0 Å². The molecule has 2 heterocycles. The molecule has 36 heavy (non-hydrogen) atoms. The molecule has 9 heteroatoms. The number of amides is 1. The van der Waals surface area contributed by atoms with Gasteiger partial charge in [-0.2, -0.15) is 5.10 Å². The number of carbonyl (C=O) groups excluding carboxylic acids is 1. The second kappa shape index (κ2) is 11.1. The fourth-order valence-electron chi connectivity index (χ4n) is 7.68. The van der Waals surface area contributed by atoms with Crippen LogP contribution in [0.1, 0.15) is 58.3 Å². The van der Waals surface area contributed by atoms with Gasteiger partial charge in [0, 0.05) is 56.0 Å². The number of carbonyl (C=O) groups is 1. The third-order valence-corrected chi connectivity index (χ3v) is 10.8. The van der Waals surface area contributed by atoms with Gasteiger partial charge in [0.1, 0.15) is 0 Å². The van der Waals surface area contributed by atoms with Crippen LogP contribution < -0.4 is 16.4 Å². The fraction of sp³-hybridized carbons (Fsp3) is 0.815. The highest BCUT2D eigenvalue weighted by molar-refractivity contribution is 6.30. The minimum Gasteiger partial charge on any atom is -0.356 e. The highest BCUT2D eigenvalue weighted by Crippen LogP contribution is 2.48. The number of hydrazone groups is 1. The number of aryl methyl sites for hydroxylation is 1. The van der Waals surface area contributed by atoms with Gasteiger partial charge in [-0.05, 0) is 81.0 Å². The van der Waals surface area contributed by atoms with Crippen molar-refractivity contribution in [1.82, 2.24) is 19.9 Å². The first-order chi connectivity index (χ1) is 17.3. The standard InChI is InChI=1S/C27H42Cl2N6O/c1-16-3-6-24-21(14-32-33-24)25(16)19-9-18(15-35-8-7-34(2)27(35)30)10-20(12-19)26(36)31-13-17-4-5-22(28)23(29)11-17/h7-8,14,16-25,30,33H,3-6,9-13,15H2,1-2H3,(H,31,36). The number of fused-ring (bicyclic) bond motifs is 1. The number of nitrogens with one attached hydrogen (secondary N) is 3. The Bertz CT molecular complexity index is 1010. The second-order valence-electron chi connectivity index (χ2n) is 12.1. The van der Waals surface area contributed by atoms with Crippen LogP contribution in [0.5, 0.6) is 0 Å². The Morgan fingerprint density at radius 1 is 1.11 bits per heavy atom. The summed E-state index contributed by atoms with van der Waals surface area (Å²) in [5.41, 5.74) is 3.86. The normalized spacial score (nSPS) is 40.4. The molecule has 0 bridgehead atoms. The molecule has 1 aliphatic heterocycles. The van der Waals surface area contributed by atoms with Gasteiger partial charge in [0.25, 0.3) is 0 Å². The third kappa shape index (κ3) is 5.52. The molecular formula is C27H42Cl2N6O. The molecule has 0 saturated heterocycles. The highest BCUT2D eigenvalue weighted by atomic mass is 35.5. The van der Waals surface area contributed by atoms with Gasteiger partial charge >= 0.3 is 0 Å². The lowest BCUT2D eigenvalue weighted by Gasteiger charge is -2.46. The molecule has 1 amide bonds. The van der Waals surface area contributed by atoms with E-state index in [2.05, 4.69) is 29.0 Å². The summed E-state index contributed by atoms with van der Waals surface area (Å²) in [5, 5.41) is 16.2. The number of nitrogens with zero attached hydrogens (tertiary/aromatic N) is 3. The Labute approximate surface area is 224 Å². The van der Waals surface area contributed by atoms with E-state index >= 15 is 0 Å². The predicted molar refractivity (Wildman–Crippen MR) is 144 cm³/mol. The van der Waals surface area contributed by atoms with Crippen molar-refractivity contribution < 1.29 is 4.79 Å². The number of halogens is 2. The first-order valence-electron chi connectivity index (χ1n) is 13.9. The van der Waals surface area contributed by atoms with E-state index < -0.39 is 0 Å². The minimum absolute atomic E-state index is 0.00449. The van der Waals surface area contributed by atoms with Gasteiger partial charge in [-0.15, -0.1) is 23.2 Å². The number of alkyl halides is 2. The largest absolute Gasteiger partial charge is 0.356 e. The van der Waals surface area contributed by atoms with Gasteiger partial charge in [-0.1, -0.05) is 6.92 Å². The van der Waals surface area contributed by atoms with Gasteiger partial charge < -0.3 is 19.9 Å². The van der Waals surface area contributed by atoms with Crippen molar-refractivity contribution in [2.24, 2.45) is 53.6 Å². The molecule has 3 saturated carbocycles. The maximum atomic E-state index is 13.5. The van der Waals surface area contributed by atoms with Crippen molar-refractivity contribution in [2.75, 3.05) is 6.54 Å². The molecule has 10 atom stereocenters. The fourth-order valence-corrected chi connectivity index (χ4v) is 8.29. The topological polar surface area (TPSA) is 87.2 Å². The Balaban J connectivity index is 1.30. The lowest BCUT2D eigenvalue weighted by atomic mass is 9.59. The summed E-state index contributed by atoms with van der Waals surface area (Å²) in [6.07, 6.45) is 14.3. The van der Waals surface area contributed by atoms with E-state index in [-0.39, 0.29) is 22.6 Å². The average molecular weight is 538 g/mol. The van der Waals surface area contributed by atoms with Crippen molar-refractivity contribution in [2.45, 2.75) is 81.6 Å². The summed E-state index contributed by atoms with van der Waals surface area (Å²) >= 11 is 12.7. The van der Waals surface area contributed by atoms with Crippen LogP contribution in [0.25, 0.3) is 0 Å². The zero-order valence-electron chi connectivity index (χ0n) is 21.6. The van der Waals surface area contributed by atoms with E-state index in [4.69, 9.17) is 28.6 Å². The van der Waals surface area contributed by atoms with Crippen molar-refractivity contribution in [3.63, 3.8) is 0 Å². The van der Waals surface area contributed by atoms with Crippen LogP contribution in [-0.4, -0.2) is 44.6 Å². The molecular weight excluding hydrogens is 495 g/mol. The van der Waals surface area contributed by atoms with Crippen molar-refractivity contribution in [3.05, 3.63) is 18.0 Å². The Morgan fingerprint density at radius 2 is 1.94 bits per heavy atom. The van der Waals surface area contributed by atoms with E-state index in [1.807, 2.05) is 28.6 Å². The summed E-state index contributed by atoms with van der Waals surface area (Å²) in [7, 11) is 1.91. The molecule has 0 spiro atoms. The highest BCUT2D eigenvalue weighted by Gasteiger charge is 2.46. The molecule has 4 aliphatic rings. The van der Waals surface area contributed by atoms with Crippen molar-refractivity contribution in [3.8, 4) is 0 Å². The molecule has 10 unspecified atom stereocenters. The molecule has 3 fully saturated rings. The van der Waals surface area contributed by atoms with Crippen LogP contribution in [0, 0.1) is 46.8 Å². The lowest BCUT2D eigenvalue weighted by molar-refractivity contribution is -0.128. The number of imidazole rings is 1. The van der Waals surface area contributed by atoms with Crippen LogP contribution >= 0.6 is 23.2 Å².